The molecule has 0 aliphatic heterocycles. The van der Waals surface area contributed by atoms with E-state index in [4.69, 9.17) is 5.84 Å². The largest absolute Gasteiger partial charge is 0.325 e. The van der Waals surface area contributed by atoms with Crippen LogP contribution in [0.1, 0.15) is 31.9 Å². The topological polar surface area (TPSA) is 62.4 Å². The molecule has 0 saturated carbocycles. The number of para-hydroxylation sites is 1. The molecule has 1 aromatic carbocycles. The van der Waals surface area contributed by atoms with E-state index in [-0.39, 0.29) is 0 Å². The van der Waals surface area contributed by atoms with Crippen molar-refractivity contribution in [2.75, 3.05) is 11.9 Å². The summed E-state index contributed by atoms with van der Waals surface area (Å²) in [5.41, 5.74) is 6.28. The second kappa shape index (κ2) is 6.91. The van der Waals surface area contributed by atoms with Crippen molar-refractivity contribution in [2.45, 2.75) is 33.6 Å². The molecule has 4 nitrogen and oxygen atoms in total. The third-order valence-electron chi connectivity index (χ3n) is 2.70. The molecule has 4 heteroatoms. The Kier molecular flexibility index (Phi) is 5.49. The molecule has 0 aliphatic carbocycles. The summed E-state index contributed by atoms with van der Waals surface area (Å²) in [5, 5.41) is 3.28. The highest BCUT2D eigenvalue weighted by atomic mass is 15.3. The third-order valence-corrected chi connectivity index (χ3v) is 2.70. The van der Waals surface area contributed by atoms with Gasteiger partial charge in [0.05, 0.1) is 0 Å². The Hall–Kier alpha value is -1.55. The van der Waals surface area contributed by atoms with Gasteiger partial charge in [0.25, 0.3) is 0 Å². The van der Waals surface area contributed by atoms with Crippen LogP contribution in [0.15, 0.2) is 23.2 Å². The van der Waals surface area contributed by atoms with E-state index in [1.807, 2.05) is 6.92 Å². The van der Waals surface area contributed by atoms with Gasteiger partial charge in [0.2, 0.25) is 5.96 Å². The Morgan fingerprint density at radius 2 is 1.76 bits per heavy atom. The number of nitrogens with one attached hydrogen (secondary N) is 2. The minimum atomic E-state index is 0.614. The van der Waals surface area contributed by atoms with E-state index in [0.29, 0.717) is 12.5 Å². The van der Waals surface area contributed by atoms with Crippen molar-refractivity contribution in [3.05, 3.63) is 29.3 Å². The Labute approximate surface area is 103 Å². The quantitative estimate of drug-likeness (QED) is 0.323. The molecule has 4 N–H and O–H groups in total. The number of guanidine groups is 1. The van der Waals surface area contributed by atoms with Gasteiger partial charge in [-0.3, -0.25) is 10.4 Å². The molecule has 0 unspecified atom stereocenters. The molecule has 17 heavy (non-hydrogen) atoms. The number of hydrogen-bond donors (Lipinski definition) is 3. The van der Waals surface area contributed by atoms with Crippen molar-refractivity contribution in [1.29, 1.82) is 0 Å². The fourth-order valence-electron chi connectivity index (χ4n) is 1.80. The maximum atomic E-state index is 5.45. The number of hydrogen-bond acceptors (Lipinski definition) is 2. The van der Waals surface area contributed by atoms with E-state index < -0.39 is 0 Å². The summed E-state index contributed by atoms with van der Waals surface area (Å²) in [6.45, 7) is 6.96. The molecule has 0 aliphatic rings. The van der Waals surface area contributed by atoms with Gasteiger partial charge in [-0.15, -0.1) is 0 Å². The van der Waals surface area contributed by atoms with Crippen LogP contribution in [0.5, 0.6) is 0 Å². The van der Waals surface area contributed by atoms with E-state index in [9.17, 15) is 0 Å². The molecule has 0 saturated heterocycles. The Bertz CT molecular complexity index is 363. The summed E-state index contributed by atoms with van der Waals surface area (Å²) in [4.78, 5) is 4.26. The summed E-state index contributed by atoms with van der Waals surface area (Å²) in [6, 6.07) is 6.35. The van der Waals surface area contributed by atoms with Crippen LogP contribution >= 0.6 is 0 Å². The normalized spacial score (nSPS) is 11.4. The van der Waals surface area contributed by atoms with Crippen molar-refractivity contribution in [3.8, 4) is 0 Å². The lowest BCUT2D eigenvalue weighted by atomic mass is 10.0. The molecule has 1 rings (SSSR count). The molecular weight excluding hydrogens is 212 g/mol. The van der Waals surface area contributed by atoms with Gasteiger partial charge in [0.1, 0.15) is 0 Å². The zero-order valence-corrected chi connectivity index (χ0v) is 10.9. The lowest BCUT2D eigenvalue weighted by molar-refractivity contribution is 0.981. The van der Waals surface area contributed by atoms with E-state index in [0.717, 1.165) is 18.5 Å². The smallest absolute Gasteiger partial charge is 0.210 e. The van der Waals surface area contributed by atoms with Gasteiger partial charge in [0.15, 0.2) is 0 Å². The zero-order valence-electron chi connectivity index (χ0n) is 10.9. The SMILES string of the molecule is CCN=C(NN)Nc1c(CC)cccc1CC. The molecule has 0 atom stereocenters. The average molecular weight is 234 g/mol. The van der Waals surface area contributed by atoms with E-state index in [1.165, 1.54) is 11.1 Å². The summed E-state index contributed by atoms with van der Waals surface area (Å²) in [7, 11) is 0. The molecule has 0 radical (unpaired) electrons. The molecule has 0 heterocycles. The molecule has 0 aromatic heterocycles. The maximum absolute atomic E-state index is 5.45. The molecule has 94 valence electrons. The molecule has 0 spiro atoms. The molecular formula is C13H22N4. The summed E-state index contributed by atoms with van der Waals surface area (Å²) in [5.74, 6) is 6.06. The van der Waals surface area contributed by atoms with Crippen molar-refractivity contribution in [3.63, 3.8) is 0 Å². The minimum absolute atomic E-state index is 0.614. The first-order valence-corrected chi connectivity index (χ1v) is 6.15. The van der Waals surface area contributed by atoms with Gasteiger partial charge >= 0.3 is 0 Å². The van der Waals surface area contributed by atoms with Crippen LogP contribution in [-0.4, -0.2) is 12.5 Å². The number of benzene rings is 1. The lowest BCUT2D eigenvalue weighted by Gasteiger charge is -2.16. The van der Waals surface area contributed by atoms with Crippen LogP contribution in [0.3, 0.4) is 0 Å². The molecule has 0 bridgehead atoms. The van der Waals surface area contributed by atoms with Crippen LogP contribution in [0.2, 0.25) is 0 Å². The second-order valence-electron chi connectivity index (χ2n) is 3.75. The number of nitrogens with zero attached hydrogens (tertiary/aromatic N) is 1. The maximum Gasteiger partial charge on any atom is 0.210 e. The highest BCUT2D eigenvalue weighted by molar-refractivity contribution is 5.94. The first kappa shape index (κ1) is 13.5. The summed E-state index contributed by atoms with van der Waals surface area (Å²) in [6.07, 6.45) is 1.97. The first-order chi connectivity index (χ1) is 8.26. The van der Waals surface area contributed by atoms with Crippen molar-refractivity contribution in [1.82, 2.24) is 5.43 Å². The predicted molar refractivity (Wildman–Crippen MR) is 74.1 cm³/mol. The van der Waals surface area contributed by atoms with Gasteiger partial charge in [-0.2, -0.15) is 0 Å². The number of rotatable bonds is 4. The monoisotopic (exact) mass is 234 g/mol. The van der Waals surface area contributed by atoms with Gasteiger partial charge < -0.3 is 5.32 Å². The highest BCUT2D eigenvalue weighted by Gasteiger charge is 2.07. The minimum Gasteiger partial charge on any atom is -0.325 e. The fourth-order valence-corrected chi connectivity index (χ4v) is 1.80. The summed E-state index contributed by atoms with van der Waals surface area (Å²) >= 11 is 0. The average Bonchev–Trinajstić information content (AvgIpc) is 2.38. The van der Waals surface area contributed by atoms with Crippen molar-refractivity contribution >= 4 is 11.6 Å². The van der Waals surface area contributed by atoms with Crippen LogP contribution in [-0.2, 0) is 12.8 Å². The summed E-state index contributed by atoms with van der Waals surface area (Å²) < 4.78 is 0. The van der Waals surface area contributed by atoms with E-state index >= 15 is 0 Å². The fraction of sp³-hybridized carbons (Fsp3) is 0.462. The van der Waals surface area contributed by atoms with Crippen LogP contribution in [0.25, 0.3) is 0 Å². The number of aryl methyl sites for hydroxylation is 2. The van der Waals surface area contributed by atoms with Crippen molar-refractivity contribution < 1.29 is 0 Å². The third kappa shape index (κ3) is 3.46. The Morgan fingerprint density at radius 3 is 2.18 bits per heavy atom. The molecule has 0 fully saturated rings. The van der Waals surface area contributed by atoms with Gasteiger partial charge in [-0.05, 0) is 30.9 Å². The highest BCUT2D eigenvalue weighted by Crippen LogP contribution is 2.22. The van der Waals surface area contributed by atoms with E-state index in [1.54, 1.807) is 0 Å². The molecule has 1 aromatic rings. The standard InChI is InChI=1S/C13H22N4/c1-4-10-8-7-9-11(5-2)12(10)16-13(17-14)15-6-3/h7-9H,4-6,14H2,1-3H3,(H2,15,16,17). The lowest BCUT2D eigenvalue weighted by Crippen LogP contribution is -2.36. The van der Waals surface area contributed by atoms with Gasteiger partial charge in [-0.25, -0.2) is 5.84 Å². The number of hydrazine groups is 1. The Morgan fingerprint density at radius 1 is 1.18 bits per heavy atom. The predicted octanol–water partition coefficient (Wildman–Crippen LogP) is 2.06. The van der Waals surface area contributed by atoms with Crippen LogP contribution in [0.4, 0.5) is 5.69 Å². The second-order valence-corrected chi connectivity index (χ2v) is 3.75. The van der Waals surface area contributed by atoms with Crippen LogP contribution < -0.4 is 16.6 Å². The van der Waals surface area contributed by atoms with Crippen LogP contribution in [0, 0.1) is 0 Å². The Balaban J connectivity index is 3.06. The molecule has 0 amide bonds. The number of aliphatic imine (C=N–C) groups is 1. The number of anilines is 1. The van der Waals surface area contributed by atoms with E-state index in [2.05, 4.69) is 47.8 Å². The van der Waals surface area contributed by atoms with Gasteiger partial charge in [0, 0.05) is 12.2 Å². The number of nitrogens with two attached hydrogens (primary N) is 1. The van der Waals surface area contributed by atoms with Crippen molar-refractivity contribution in [2.24, 2.45) is 10.8 Å². The first-order valence-electron chi connectivity index (χ1n) is 6.15. The van der Waals surface area contributed by atoms with Gasteiger partial charge in [-0.1, -0.05) is 32.0 Å². The zero-order chi connectivity index (χ0) is 12.7.